The Hall–Kier alpha value is -1.09. The van der Waals surface area contributed by atoms with Crippen LogP contribution in [0, 0.1) is 0 Å². The number of carbonyl (C=O) groups excluding carboxylic acids is 1. The van der Waals surface area contributed by atoms with E-state index in [1.54, 1.807) is 0 Å². The molecule has 1 aromatic rings. The summed E-state index contributed by atoms with van der Waals surface area (Å²) in [6.45, 7) is 0. The van der Waals surface area contributed by atoms with E-state index >= 15 is 0 Å². The van der Waals surface area contributed by atoms with Gasteiger partial charge in [0.05, 0.1) is 0 Å². The fourth-order valence-corrected chi connectivity index (χ4v) is 1.83. The monoisotopic (exact) mass is 313 g/mol. The molecule has 1 amide bonds. The van der Waals surface area contributed by atoms with Crippen LogP contribution in [0.3, 0.4) is 0 Å². The molecule has 1 heterocycles. The average molecular weight is 312 g/mol. The molecule has 0 atom stereocenters. The molecule has 0 saturated carbocycles. The zero-order valence-electron chi connectivity index (χ0n) is 6.98. The third-order valence-electron chi connectivity index (χ3n) is 1.15. The Kier molecular flexibility index (Phi) is 3.29. The van der Waals surface area contributed by atoms with Crippen molar-refractivity contribution in [2.75, 3.05) is 5.32 Å². The van der Waals surface area contributed by atoms with E-state index in [-0.39, 0.29) is 0 Å². The SMILES string of the molecule is O=C(Nc1nnc(C(F)(F)F)[se]1)C(F)(F)F. The molecule has 11 heteroatoms. The second kappa shape index (κ2) is 4.05. The van der Waals surface area contributed by atoms with Crippen LogP contribution in [0.15, 0.2) is 0 Å². The molecule has 16 heavy (non-hydrogen) atoms. The molecule has 0 fully saturated rings. The molecule has 0 aliphatic rings. The number of nitrogens with one attached hydrogen (secondary N) is 1. The van der Waals surface area contributed by atoms with Crippen LogP contribution in [0.5, 0.6) is 0 Å². The van der Waals surface area contributed by atoms with Gasteiger partial charge in [0.25, 0.3) is 0 Å². The van der Waals surface area contributed by atoms with Crippen molar-refractivity contribution in [2.24, 2.45) is 0 Å². The summed E-state index contributed by atoms with van der Waals surface area (Å²) in [5.74, 6) is -2.37. The van der Waals surface area contributed by atoms with Gasteiger partial charge in [0.2, 0.25) is 0 Å². The molecule has 0 saturated heterocycles. The van der Waals surface area contributed by atoms with Gasteiger partial charge in [0.1, 0.15) is 0 Å². The van der Waals surface area contributed by atoms with Crippen molar-refractivity contribution in [1.82, 2.24) is 10.2 Å². The van der Waals surface area contributed by atoms with Gasteiger partial charge in [-0.15, -0.1) is 0 Å². The summed E-state index contributed by atoms with van der Waals surface area (Å²) >= 11 is -1.57. The first-order valence-corrected chi connectivity index (χ1v) is 5.11. The average Bonchev–Trinajstić information content (AvgIpc) is 2.49. The van der Waals surface area contributed by atoms with Gasteiger partial charge in [-0.05, 0) is 0 Å². The van der Waals surface area contributed by atoms with Gasteiger partial charge in [0.15, 0.2) is 0 Å². The van der Waals surface area contributed by atoms with E-state index < -0.39 is 42.0 Å². The van der Waals surface area contributed by atoms with E-state index in [0.29, 0.717) is 0 Å². The quantitative estimate of drug-likeness (QED) is 0.623. The Morgan fingerprint density at radius 1 is 1.12 bits per heavy atom. The first-order chi connectivity index (χ1) is 7.10. The summed E-state index contributed by atoms with van der Waals surface area (Å²) in [6, 6.07) is 0. The van der Waals surface area contributed by atoms with E-state index in [1.807, 2.05) is 0 Å². The molecule has 0 bridgehead atoms. The first kappa shape index (κ1) is 13.0. The predicted molar refractivity (Wildman–Crippen MR) is 38.7 cm³/mol. The fraction of sp³-hybridized carbons (Fsp3) is 0.400. The van der Waals surface area contributed by atoms with Gasteiger partial charge in [-0.3, -0.25) is 0 Å². The van der Waals surface area contributed by atoms with Crippen molar-refractivity contribution in [3.63, 3.8) is 0 Å². The maximum absolute atomic E-state index is 12.0. The summed E-state index contributed by atoms with van der Waals surface area (Å²) < 4.78 is 69.1. The molecule has 0 aliphatic heterocycles. The number of aromatic nitrogens is 2. The summed E-state index contributed by atoms with van der Waals surface area (Å²) in [4.78, 5) is 10.3. The van der Waals surface area contributed by atoms with Crippen LogP contribution in [0.2, 0.25) is 0 Å². The van der Waals surface area contributed by atoms with Crippen molar-refractivity contribution in [1.29, 1.82) is 0 Å². The van der Waals surface area contributed by atoms with Gasteiger partial charge in [-0.2, -0.15) is 0 Å². The summed E-state index contributed by atoms with van der Waals surface area (Å²) in [7, 11) is 0. The predicted octanol–water partition coefficient (Wildman–Crippen LogP) is 1.05. The van der Waals surface area contributed by atoms with Crippen molar-refractivity contribution in [3.05, 3.63) is 4.57 Å². The molecule has 1 N–H and O–H groups in total. The van der Waals surface area contributed by atoms with Crippen LogP contribution in [0.1, 0.15) is 4.57 Å². The number of hydrogen-bond donors (Lipinski definition) is 1. The summed E-state index contributed by atoms with van der Waals surface area (Å²) in [5, 5.41) is 6.69. The number of halogens is 6. The zero-order valence-corrected chi connectivity index (χ0v) is 8.69. The van der Waals surface area contributed by atoms with Crippen LogP contribution in [-0.2, 0) is 11.0 Å². The molecule has 0 radical (unpaired) electrons. The molecule has 0 unspecified atom stereocenters. The topological polar surface area (TPSA) is 54.9 Å². The van der Waals surface area contributed by atoms with E-state index in [1.165, 1.54) is 5.32 Å². The molecule has 0 aliphatic carbocycles. The number of carbonyl (C=O) groups is 1. The fourth-order valence-electron chi connectivity index (χ4n) is 0.556. The van der Waals surface area contributed by atoms with E-state index in [2.05, 4.69) is 10.2 Å². The van der Waals surface area contributed by atoms with Gasteiger partial charge in [0, 0.05) is 0 Å². The number of amides is 1. The van der Waals surface area contributed by atoms with E-state index in [9.17, 15) is 31.1 Å². The number of rotatable bonds is 1. The first-order valence-electron chi connectivity index (χ1n) is 3.39. The minimum absolute atomic E-state index is 0.720. The molecule has 1 aromatic heterocycles. The second-order valence-electron chi connectivity index (χ2n) is 2.36. The number of nitrogens with zero attached hydrogens (tertiary/aromatic N) is 2. The van der Waals surface area contributed by atoms with Gasteiger partial charge in [-0.25, -0.2) is 0 Å². The standard InChI is InChI=1S/C5HF6N3OSe/c6-4(7,8)1(15)12-3-14-13-2(16-3)5(9,10)11/h(H,12,14,15). The second-order valence-corrected chi connectivity index (χ2v) is 4.41. The Bertz CT molecular complexity index is 396. The van der Waals surface area contributed by atoms with Crippen LogP contribution < -0.4 is 5.32 Å². The third kappa shape index (κ3) is 3.20. The number of anilines is 1. The van der Waals surface area contributed by atoms with E-state index in [4.69, 9.17) is 0 Å². The van der Waals surface area contributed by atoms with Crippen molar-refractivity contribution >= 4 is 25.1 Å². The van der Waals surface area contributed by atoms with Crippen molar-refractivity contribution < 1.29 is 31.1 Å². The Morgan fingerprint density at radius 3 is 2.06 bits per heavy atom. The minimum atomic E-state index is -5.17. The van der Waals surface area contributed by atoms with Gasteiger partial charge >= 0.3 is 88.7 Å². The Morgan fingerprint density at radius 2 is 1.69 bits per heavy atom. The maximum atomic E-state index is 12.0. The summed E-state index contributed by atoms with van der Waals surface area (Å²) in [6.07, 6.45) is -9.91. The van der Waals surface area contributed by atoms with Gasteiger partial charge in [-0.1, -0.05) is 0 Å². The zero-order chi connectivity index (χ0) is 12.6. The number of alkyl halides is 6. The third-order valence-corrected chi connectivity index (χ3v) is 3.00. The molecular weight excluding hydrogens is 311 g/mol. The van der Waals surface area contributed by atoms with Gasteiger partial charge < -0.3 is 0 Å². The van der Waals surface area contributed by atoms with Crippen LogP contribution in [-0.4, -0.2) is 36.8 Å². The van der Waals surface area contributed by atoms with E-state index in [0.717, 1.165) is 0 Å². The molecule has 4 nitrogen and oxygen atoms in total. The van der Waals surface area contributed by atoms with Crippen molar-refractivity contribution in [2.45, 2.75) is 12.4 Å². The van der Waals surface area contributed by atoms with Crippen LogP contribution in [0.25, 0.3) is 0 Å². The Balaban J connectivity index is 2.78. The molecule has 0 aromatic carbocycles. The normalized spacial score (nSPS) is 12.6. The van der Waals surface area contributed by atoms with Crippen LogP contribution >= 0.6 is 0 Å². The molecule has 0 spiro atoms. The molecule has 90 valence electrons. The summed E-state index contributed by atoms with van der Waals surface area (Å²) in [5.41, 5.74) is 0. The molecule has 1 rings (SSSR count). The van der Waals surface area contributed by atoms with Crippen LogP contribution in [0.4, 0.5) is 31.0 Å². The molecular formula is C5HF6N3OSe. The van der Waals surface area contributed by atoms with Crippen molar-refractivity contribution in [3.8, 4) is 0 Å². The Labute approximate surface area is 89.4 Å². The number of hydrogen-bond acceptors (Lipinski definition) is 3.